The summed E-state index contributed by atoms with van der Waals surface area (Å²) >= 11 is 0. The monoisotopic (exact) mass is 373 g/mol. The van der Waals surface area contributed by atoms with Crippen LogP contribution >= 0.6 is 0 Å². The van der Waals surface area contributed by atoms with Crippen molar-refractivity contribution in [3.05, 3.63) is 65.9 Å². The zero-order chi connectivity index (χ0) is 18.7. The van der Waals surface area contributed by atoms with Gasteiger partial charge in [-0.05, 0) is 23.8 Å². The van der Waals surface area contributed by atoms with E-state index in [9.17, 15) is 18.3 Å². The molecule has 134 valence electrons. The van der Waals surface area contributed by atoms with Crippen molar-refractivity contribution in [3.63, 3.8) is 0 Å². The maximum Gasteiger partial charge on any atom is 0.339 e. The van der Waals surface area contributed by atoms with Gasteiger partial charge in [0.25, 0.3) is 0 Å². The molecule has 0 amide bonds. The first-order chi connectivity index (χ1) is 12.4. The third-order valence-electron chi connectivity index (χ3n) is 3.82. The van der Waals surface area contributed by atoms with Crippen molar-refractivity contribution in [1.82, 2.24) is 5.16 Å². The number of hydrogen-bond donors (Lipinski definition) is 1. The van der Waals surface area contributed by atoms with E-state index in [0.717, 1.165) is 0 Å². The molecular formula is C18H15NO6S. The minimum atomic E-state index is -3.71. The van der Waals surface area contributed by atoms with Crippen molar-refractivity contribution in [2.45, 2.75) is 10.6 Å². The van der Waals surface area contributed by atoms with Gasteiger partial charge in [-0.1, -0.05) is 29.4 Å². The standard InChI is InChI=1S/C18H15NO6S/c1-24-17-14(15-9-10-25-19-15)8-7-12(16(17)18(20)21)11-26(22,23)13-5-3-2-4-6-13/h2-10H,11H2,1H3,(H,20,21). The second-order valence-corrected chi connectivity index (χ2v) is 7.43. The summed E-state index contributed by atoms with van der Waals surface area (Å²) in [5.41, 5.74) is 0.708. The van der Waals surface area contributed by atoms with E-state index in [-0.39, 0.29) is 21.8 Å². The summed E-state index contributed by atoms with van der Waals surface area (Å²) in [4.78, 5) is 11.9. The summed E-state index contributed by atoms with van der Waals surface area (Å²) in [5, 5.41) is 13.4. The van der Waals surface area contributed by atoms with Gasteiger partial charge in [-0.2, -0.15) is 0 Å². The lowest BCUT2D eigenvalue weighted by atomic mass is 10.0. The summed E-state index contributed by atoms with van der Waals surface area (Å²) in [6.07, 6.45) is 1.35. The molecule has 0 aliphatic carbocycles. The van der Waals surface area contributed by atoms with Gasteiger partial charge in [-0.3, -0.25) is 0 Å². The molecule has 3 rings (SSSR count). The second-order valence-electron chi connectivity index (χ2n) is 5.44. The van der Waals surface area contributed by atoms with Gasteiger partial charge < -0.3 is 14.4 Å². The molecule has 3 aromatic rings. The van der Waals surface area contributed by atoms with Gasteiger partial charge in [-0.15, -0.1) is 0 Å². The quantitative estimate of drug-likeness (QED) is 0.708. The number of aromatic nitrogens is 1. The molecular weight excluding hydrogens is 358 g/mol. The van der Waals surface area contributed by atoms with Gasteiger partial charge in [0.05, 0.1) is 17.8 Å². The molecule has 1 N–H and O–H groups in total. The summed E-state index contributed by atoms with van der Waals surface area (Å²) in [6, 6.07) is 12.4. The van der Waals surface area contributed by atoms with Crippen molar-refractivity contribution in [3.8, 4) is 17.0 Å². The highest BCUT2D eigenvalue weighted by Crippen LogP contribution is 2.35. The Morgan fingerprint density at radius 3 is 2.46 bits per heavy atom. The lowest BCUT2D eigenvalue weighted by molar-refractivity contribution is 0.0692. The van der Waals surface area contributed by atoms with Crippen LogP contribution in [0.3, 0.4) is 0 Å². The number of hydrogen-bond acceptors (Lipinski definition) is 6. The number of rotatable bonds is 6. The third-order valence-corrected chi connectivity index (χ3v) is 5.51. The molecule has 7 nitrogen and oxygen atoms in total. The van der Waals surface area contributed by atoms with Gasteiger partial charge >= 0.3 is 5.97 Å². The minimum Gasteiger partial charge on any atom is -0.495 e. The third kappa shape index (κ3) is 3.31. The summed E-state index contributed by atoms with van der Waals surface area (Å²) in [7, 11) is -2.39. The first kappa shape index (κ1) is 17.7. The lowest BCUT2D eigenvalue weighted by Gasteiger charge is -2.14. The molecule has 0 unspecified atom stereocenters. The van der Waals surface area contributed by atoms with Crippen LogP contribution in [0.15, 0.2) is 64.2 Å². The highest BCUT2D eigenvalue weighted by Gasteiger charge is 2.25. The largest absolute Gasteiger partial charge is 0.495 e. The SMILES string of the molecule is COc1c(-c2ccon2)ccc(CS(=O)(=O)c2ccccc2)c1C(=O)O. The zero-order valence-corrected chi connectivity index (χ0v) is 14.6. The van der Waals surface area contributed by atoms with Crippen LogP contribution in [0.5, 0.6) is 5.75 Å². The number of aromatic carboxylic acids is 1. The van der Waals surface area contributed by atoms with Gasteiger partial charge in [0, 0.05) is 11.6 Å². The van der Waals surface area contributed by atoms with Crippen molar-refractivity contribution < 1.29 is 27.6 Å². The van der Waals surface area contributed by atoms with Crippen LogP contribution in [-0.4, -0.2) is 31.8 Å². The van der Waals surface area contributed by atoms with Crippen LogP contribution in [0.25, 0.3) is 11.3 Å². The maximum absolute atomic E-state index is 12.6. The smallest absolute Gasteiger partial charge is 0.339 e. The van der Waals surface area contributed by atoms with Crippen LogP contribution in [0.1, 0.15) is 15.9 Å². The van der Waals surface area contributed by atoms with E-state index in [4.69, 9.17) is 9.26 Å². The number of benzene rings is 2. The predicted octanol–water partition coefficient (Wildman–Crippen LogP) is 3.02. The number of carbonyl (C=O) groups is 1. The molecule has 26 heavy (non-hydrogen) atoms. The fourth-order valence-electron chi connectivity index (χ4n) is 2.66. The number of methoxy groups -OCH3 is 1. The Morgan fingerprint density at radius 2 is 1.88 bits per heavy atom. The molecule has 0 fully saturated rings. The van der Waals surface area contributed by atoms with Crippen molar-refractivity contribution in [1.29, 1.82) is 0 Å². The molecule has 2 aromatic carbocycles. The van der Waals surface area contributed by atoms with Crippen LogP contribution < -0.4 is 4.74 Å². The van der Waals surface area contributed by atoms with Crippen LogP contribution in [0.4, 0.5) is 0 Å². The summed E-state index contributed by atoms with van der Waals surface area (Å²) in [5.74, 6) is -1.72. The zero-order valence-electron chi connectivity index (χ0n) is 13.7. The lowest BCUT2D eigenvalue weighted by Crippen LogP contribution is -2.12. The molecule has 0 atom stereocenters. The Morgan fingerprint density at radius 1 is 1.15 bits per heavy atom. The Bertz CT molecular complexity index is 1030. The molecule has 0 aliphatic heterocycles. The van der Waals surface area contributed by atoms with E-state index in [1.165, 1.54) is 31.6 Å². The van der Waals surface area contributed by atoms with Crippen molar-refractivity contribution >= 4 is 15.8 Å². The first-order valence-corrected chi connectivity index (χ1v) is 9.21. The molecule has 8 heteroatoms. The van der Waals surface area contributed by atoms with Crippen molar-refractivity contribution in [2.75, 3.05) is 7.11 Å². The average molecular weight is 373 g/mol. The highest BCUT2D eigenvalue weighted by molar-refractivity contribution is 7.90. The van der Waals surface area contributed by atoms with Gasteiger partial charge in [-0.25, -0.2) is 13.2 Å². The molecule has 0 saturated carbocycles. The summed E-state index contributed by atoms with van der Waals surface area (Å²) < 4.78 is 35.3. The van der Waals surface area contributed by atoms with Crippen LogP contribution in [-0.2, 0) is 15.6 Å². The van der Waals surface area contributed by atoms with E-state index in [0.29, 0.717) is 11.3 Å². The van der Waals surface area contributed by atoms with Gasteiger partial charge in [0.15, 0.2) is 9.84 Å². The van der Waals surface area contributed by atoms with Crippen molar-refractivity contribution in [2.24, 2.45) is 0 Å². The van der Waals surface area contributed by atoms with Crippen LogP contribution in [0.2, 0.25) is 0 Å². The first-order valence-electron chi connectivity index (χ1n) is 7.56. The number of nitrogens with zero attached hydrogens (tertiary/aromatic N) is 1. The number of sulfone groups is 1. The highest BCUT2D eigenvalue weighted by atomic mass is 32.2. The Kier molecular flexibility index (Phi) is 4.77. The molecule has 0 bridgehead atoms. The molecule has 1 heterocycles. The topological polar surface area (TPSA) is 107 Å². The molecule has 0 saturated heterocycles. The van der Waals surface area contributed by atoms with E-state index in [1.54, 1.807) is 30.3 Å². The Hall–Kier alpha value is -3.13. The van der Waals surface area contributed by atoms with Crippen LogP contribution in [0, 0.1) is 0 Å². The second kappa shape index (κ2) is 7.01. The molecule has 0 radical (unpaired) electrons. The summed E-state index contributed by atoms with van der Waals surface area (Å²) in [6.45, 7) is 0. The van der Waals surface area contributed by atoms with E-state index in [2.05, 4.69) is 5.16 Å². The molecule has 0 spiro atoms. The Balaban J connectivity index is 2.12. The van der Waals surface area contributed by atoms with Gasteiger partial charge in [0.1, 0.15) is 23.3 Å². The predicted molar refractivity (Wildman–Crippen MR) is 92.8 cm³/mol. The molecule has 1 aromatic heterocycles. The Labute approximate surface area is 149 Å². The minimum absolute atomic E-state index is 0.0344. The fraction of sp³-hybridized carbons (Fsp3) is 0.111. The van der Waals surface area contributed by atoms with E-state index in [1.807, 2.05) is 0 Å². The van der Waals surface area contributed by atoms with E-state index < -0.39 is 21.6 Å². The normalized spacial score (nSPS) is 11.3. The number of carboxylic acids is 1. The number of carboxylic acid groups (broad SMARTS) is 1. The van der Waals surface area contributed by atoms with E-state index >= 15 is 0 Å². The fourth-order valence-corrected chi connectivity index (χ4v) is 4.05. The number of ether oxygens (including phenoxy) is 1. The maximum atomic E-state index is 12.6. The average Bonchev–Trinajstić information content (AvgIpc) is 3.15. The van der Waals surface area contributed by atoms with Gasteiger partial charge in [0.2, 0.25) is 0 Å². The molecule has 0 aliphatic rings.